The maximum atomic E-state index is 11.1. The van der Waals surface area contributed by atoms with Crippen LogP contribution in [0.25, 0.3) is 0 Å². The fraction of sp³-hybridized carbons (Fsp3) is 0.611. The number of anilines is 1. The number of hydrogen-bond donors (Lipinski definition) is 3. The van der Waals surface area contributed by atoms with Crippen LogP contribution in [0.1, 0.15) is 63.2 Å². The number of carbonyl (C=O) groups is 1. The zero-order valence-electron chi connectivity index (χ0n) is 15.1. The minimum Gasteiger partial charge on any atom is -0.478 e. The highest BCUT2D eigenvalue weighted by Gasteiger charge is 2.12. The van der Waals surface area contributed by atoms with Crippen molar-refractivity contribution in [1.29, 1.82) is 0 Å². The molecule has 0 heterocycles. The highest BCUT2D eigenvalue weighted by molar-refractivity contribution is 7.84. The Balaban J connectivity index is 0.000000449. The van der Waals surface area contributed by atoms with E-state index in [1.807, 2.05) is 0 Å². The summed E-state index contributed by atoms with van der Waals surface area (Å²) in [7, 11) is -1.26. The van der Waals surface area contributed by atoms with Gasteiger partial charge in [0.25, 0.3) is 0 Å². The molecule has 0 aliphatic heterocycles. The van der Waals surface area contributed by atoms with E-state index in [1.54, 1.807) is 6.07 Å². The van der Waals surface area contributed by atoms with Gasteiger partial charge in [0.05, 0.1) is 33.0 Å². The lowest BCUT2D eigenvalue weighted by atomic mass is 9.99. The van der Waals surface area contributed by atoms with Gasteiger partial charge in [0.1, 0.15) is 0 Å². The van der Waals surface area contributed by atoms with Gasteiger partial charge in [0.15, 0.2) is 0 Å². The Morgan fingerprint density at radius 2 is 1.88 bits per heavy atom. The van der Waals surface area contributed by atoms with E-state index in [-0.39, 0.29) is 17.4 Å². The van der Waals surface area contributed by atoms with Gasteiger partial charge in [0.2, 0.25) is 0 Å². The van der Waals surface area contributed by atoms with E-state index in [0.717, 1.165) is 25.2 Å². The molecule has 1 aromatic rings. The van der Waals surface area contributed by atoms with Crippen LogP contribution in [0.5, 0.6) is 0 Å². The van der Waals surface area contributed by atoms with Gasteiger partial charge in [-0.05, 0) is 37.3 Å². The lowest BCUT2D eigenvalue weighted by molar-refractivity contribution is 0.0698. The largest absolute Gasteiger partial charge is 0.478 e. The molecule has 24 heavy (non-hydrogen) atoms. The molecule has 0 saturated heterocycles. The smallest absolute Gasteiger partial charge is 0.337 e. The predicted octanol–water partition coefficient (Wildman–Crippen LogP) is 3.68. The normalized spacial score (nSPS) is 14.2. The average molecular weight is 358 g/mol. The predicted molar refractivity (Wildman–Crippen MR) is 99.7 cm³/mol. The van der Waals surface area contributed by atoms with E-state index in [2.05, 4.69) is 20.8 Å². The van der Waals surface area contributed by atoms with Gasteiger partial charge in [-0.1, -0.05) is 39.7 Å². The molecule has 3 atom stereocenters. The summed E-state index contributed by atoms with van der Waals surface area (Å²) in [5, 5.41) is 18.1. The molecule has 0 saturated carbocycles. The Labute approximate surface area is 147 Å². The summed E-state index contributed by atoms with van der Waals surface area (Å²) in [5.74, 6) is -0.327. The van der Waals surface area contributed by atoms with E-state index >= 15 is 0 Å². The quantitative estimate of drug-likeness (QED) is 0.616. The molecule has 5 nitrogen and oxygen atoms in total. The van der Waals surface area contributed by atoms with Crippen LogP contribution in [0.2, 0.25) is 0 Å². The first-order valence-corrected chi connectivity index (χ1v) is 9.93. The summed E-state index contributed by atoms with van der Waals surface area (Å²) in [5.41, 5.74) is 5.58. The molecule has 1 aromatic carbocycles. The molecule has 1 rings (SSSR count). The maximum absolute atomic E-state index is 11.1. The fourth-order valence-corrected chi connectivity index (χ4v) is 2.83. The van der Waals surface area contributed by atoms with Gasteiger partial charge in [-0.15, -0.1) is 0 Å². The molecule has 3 unspecified atom stereocenters. The fourth-order valence-electron chi connectivity index (χ4n) is 2.14. The molecule has 138 valence electrons. The van der Waals surface area contributed by atoms with Crippen molar-refractivity contribution in [1.82, 2.24) is 0 Å². The first-order chi connectivity index (χ1) is 11.2. The van der Waals surface area contributed by atoms with E-state index in [9.17, 15) is 14.1 Å². The third-order valence-corrected chi connectivity index (χ3v) is 4.89. The SMILES string of the molecule is CCCC(O)CCC(C)CC.CS(=O)c1cccc(C(=O)O)c1N. The number of carboxylic acids is 1. The molecular weight excluding hydrogens is 326 g/mol. The number of nitrogens with two attached hydrogens (primary N) is 1. The molecule has 0 aliphatic rings. The van der Waals surface area contributed by atoms with Gasteiger partial charge >= 0.3 is 5.97 Å². The van der Waals surface area contributed by atoms with Crippen molar-refractivity contribution < 1.29 is 19.2 Å². The second-order valence-corrected chi connectivity index (χ2v) is 7.36. The van der Waals surface area contributed by atoms with Crippen LogP contribution in [-0.2, 0) is 10.8 Å². The number of para-hydroxylation sites is 1. The summed E-state index contributed by atoms with van der Waals surface area (Å²) in [4.78, 5) is 11.0. The number of hydrogen-bond acceptors (Lipinski definition) is 4. The van der Waals surface area contributed by atoms with Crippen LogP contribution >= 0.6 is 0 Å². The van der Waals surface area contributed by atoms with Crippen LogP contribution in [0.15, 0.2) is 23.1 Å². The lowest BCUT2D eigenvalue weighted by Crippen LogP contribution is -2.07. The Kier molecular flexibility index (Phi) is 11.3. The first-order valence-electron chi connectivity index (χ1n) is 8.37. The molecular formula is C18H31NO4S. The highest BCUT2D eigenvalue weighted by atomic mass is 32.2. The summed E-state index contributed by atoms with van der Waals surface area (Å²) in [6.45, 7) is 6.57. The monoisotopic (exact) mass is 357 g/mol. The standard InChI is InChI=1S/C10H22O.C8H9NO3S/c1-4-6-10(11)8-7-9(3)5-2;1-13(12)6-4-2-3-5(7(6)9)8(10)11/h9-11H,4-8H2,1-3H3;2-4H,9H2,1H3,(H,10,11). The third-order valence-electron chi connectivity index (χ3n) is 3.92. The molecule has 0 bridgehead atoms. The van der Waals surface area contributed by atoms with Crippen LogP contribution < -0.4 is 5.73 Å². The lowest BCUT2D eigenvalue weighted by Gasteiger charge is -2.12. The van der Waals surface area contributed by atoms with E-state index in [4.69, 9.17) is 10.8 Å². The summed E-state index contributed by atoms with van der Waals surface area (Å²) < 4.78 is 11.1. The molecule has 0 aliphatic carbocycles. The zero-order chi connectivity index (χ0) is 18.7. The minimum absolute atomic E-state index is 0.00676. The second kappa shape index (κ2) is 12.0. The van der Waals surface area contributed by atoms with E-state index in [0.29, 0.717) is 4.90 Å². The Morgan fingerprint density at radius 3 is 2.33 bits per heavy atom. The van der Waals surface area contributed by atoms with Crippen molar-refractivity contribution in [3.8, 4) is 0 Å². The number of benzene rings is 1. The summed E-state index contributed by atoms with van der Waals surface area (Å²) in [6.07, 6.45) is 6.88. The van der Waals surface area contributed by atoms with Crippen molar-refractivity contribution >= 4 is 22.5 Å². The molecule has 0 radical (unpaired) electrons. The third kappa shape index (κ3) is 8.45. The van der Waals surface area contributed by atoms with Crippen molar-refractivity contribution in [2.45, 2.75) is 63.9 Å². The zero-order valence-corrected chi connectivity index (χ0v) is 15.9. The van der Waals surface area contributed by atoms with Crippen LogP contribution in [-0.4, -0.2) is 32.8 Å². The van der Waals surface area contributed by atoms with Gasteiger partial charge in [-0.3, -0.25) is 4.21 Å². The van der Waals surface area contributed by atoms with Crippen molar-refractivity contribution in [3.05, 3.63) is 23.8 Å². The minimum atomic E-state index is -1.26. The molecule has 4 N–H and O–H groups in total. The van der Waals surface area contributed by atoms with Gasteiger partial charge in [-0.25, -0.2) is 4.79 Å². The summed E-state index contributed by atoms with van der Waals surface area (Å²) in [6, 6.07) is 4.46. The Hall–Kier alpha value is -1.40. The number of aliphatic hydroxyl groups is 1. The van der Waals surface area contributed by atoms with Crippen molar-refractivity contribution in [2.24, 2.45) is 5.92 Å². The van der Waals surface area contributed by atoms with Crippen LogP contribution in [0.3, 0.4) is 0 Å². The number of carboxylic acid groups (broad SMARTS) is 1. The molecule has 0 amide bonds. The van der Waals surface area contributed by atoms with Gasteiger partial charge in [-0.2, -0.15) is 0 Å². The number of rotatable bonds is 8. The molecule has 0 spiro atoms. The first kappa shape index (κ1) is 22.6. The Bertz CT molecular complexity index is 502. The summed E-state index contributed by atoms with van der Waals surface area (Å²) >= 11 is 0. The van der Waals surface area contributed by atoms with Crippen molar-refractivity contribution in [3.63, 3.8) is 0 Å². The van der Waals surface area contributed by atoms with Crippen LogP contribution in [0.4, 0.5) is 5.69 Å². The number of nitrogen functional groups attached to an aromatic ring is 1. The van der Waals surface area contributed by atoms with Crippen LogP contribution in [0, 0.1) is 5.92 Å². The molecule has 0 fully saturated rings. The molecule has 6 heteroatoms. The van der Waals surface area contributed by atoms with Gasteiger partial charge < -0.3 is 15.9 Å². The van der Waals surface area contributed by atoms with E-state index in [1.165, 1.54) is 31.2 Å². The van der Waals surface area contributed by atoms with Gasteiger partial charge in [0, 0.05) is 6.26 Å². The second-order valence-electron chi connectivity index (χ2n) is 6.01. The number of aliphatic hydroxyl groups excluding tert-OH is 1. The topological polar surface area (TPSA) is 101 Å². The highest BCUT2D eigenvalue weighted by Crippen LogP contribution is 2.20. The number of aromatic carboxylic acids is 1. The van der Waals surface area contributed by atoms with E-state index < -0.39 is 16.8 Å². The average Bonchev–Trinajstić information content (AvgIpc) is 2.53. The maximum Gasteiger partial charge on any atom is 0.337 e. The Morgan fingerprint density at radius 1 is 1.25 bits per heavy atom. The van der Waals surface area contributed by atoms with Crippen molar-refractivity contribution in [2.75, 3.05) is 12.0 Å². The molecule has 0 aromatic heterocycles.